The fourth-order valence-electron chi connectivity index (χ4n) is 1.77. The fraction of sp³-hybridized carbons (Fsp3) is 0.615. The van der Waals surface area contributed by atoms with E-state index < -0.39 is 17.9 Å². The third kappa shape index (κ3) is 4.73. The van der Waals surface area contributed by atoms with E-state index in [0.29, 0.717) is 12.0 Å². The van der Waals surface area contributed by atoms with Gasteiger partial charge in [0, 0.05) is 12.7 Å². The van der Waals surface area contributed by atoms with Gasteiger partial charge >= 0.3 is 5.97 Å². The molecular weight excluding hydrogens is 246 g/mol. The predicted octanol–water partition coefficient (Wildman–Crippen LogP) is 1.52. The zero-order valence-electron chi connectivity index (χ0n) is 11.6. The van der Waals surface area contributed by atoms with E-state index in [1.807, 2.05) is 20.8 Å². The molecular formula is C13H21N3O3. The number of carbonyl (C=O) groups is 2. The van der Waals surface area contributed by atoms with Crippen molar-refractivity contribution in [2.75, 3.05) is 0 Å². The molecule has 1 aromatic heterocycles. The Labute approximate surface area is 112 Å². The van der Waals surface area contributed by atoms with E-state index in [2.05, 4.69) is 10.4 Å². The molecule has 1 amide bonds. The summed E-state index contributed by atoms with van der Waals surface area (Å²) in [5.74, 6) is -1.21. The summed E-state index contributed by atoms with van der Waals surface area (Å²) in [6.45, 7) is 6.59. The third-order valence-electron chi connectivity index (χ3n) is 2.66. The van der Waals surface area contributed by atoms with Gasteiger partial charge in [0.15, 0.2) is 0 Å². The molecule has 1 atom stereocenters. The third-order valence-corrected chi connectivity index (χ3v) is 2.66. The van der Waals surface area contributed by atoms with Crippen LogP contribution < -0.4 is 5.32 Å². The van der Waals surface area contributed by atoms with Gasteiger partial charge in [-0.2, -0.15) is 5.10 Å². The van der Waals surface area contributed by atoms with Crippen LogP contribution >= 0.6 is 0 Å². The van der Waals surface area contributed by atoms with Crippen molar-refractivity contribution in [3.63, 3.8) is 0 Å². The lowest BCUT2D eigenvalue weighted by atomic mass is 10.0. The van der Waals surface area contributed by atoms with Crippen LogP contribution in [0.1, 0.15) is 44.0 Å². The van der Waals surface area contributed by atoms with E-state index >= 15 is 0 Å². The number of amides is 1. The van der Waals surface area contributed by atoms with Crippen molar-refractivity contribution in [2.45, 2.75) is 46.2 Å². The van der Waals surface area contributed by atoms with Gasteiger partial charge < -0.3 is 10.4 Å². The minimum Gasteiger partial charge on any atom is -0.480 e. The molecule has 106 valence electrons. The maximum atomic E-state index is 11.9. The molecule has 0 aliphatic carbocycles. The fourth-order valence-corrected chi connectivity index (χ4v) is 1.77. The van der Waals surface area contributed by atoms with Gasteiger partial charge in [-0.15, -0.1) is 0 Å². The number of nitrogens with one attached hydrogen (secondary N) is 1. The second-order valence-corrected chi connectivity index (χ2v) is 4.99. The molecule has 1 rings (SSSR count). The topological polar surface area (TPSA) is 84.2 Å². The summed E-state index contributed by atoms with van der Waals surface area (Å²) in [6.07, 6.45) is 4.42. The molecule has 0 radical (unpaired) electrons. The van der Waals surface area contributed by atoms with E-state index in [0.717, 1.165) is 13.0 Å². The van der Waals surface area contributed by atoms with Gasteiger partial charge in [0.25, 0.3) is 5.91 Å². The highest BCUT2D eigenvalue weighted by molar-refractivity contribution is 5.96. The molecule has 1 heterocycles. The van der Waals surface area contributed by atoms with Gasteiger partial charge in [-0.05, 0) is 18.8 Å². The van der Waals surface area contributed by atoms with Crippen molar-refractivity contribution in [1.29, 1.82) is 0 Å². The van der Waals surface area contributed by atoms with Crippen LogP contribution in [0.5, 0.6) is 0 Å². The Morgan fingerprint density at radius 1 is 1.47 bits per heavy atom. The number of aliphatic carboxylic acids is 1. The molecule has 0 spiro atoms. The Morgan fingerprint density at radius 3 is 2.68 bits per heavy atom. The van der Waals surface area contributed by atoms with Crippen LogP contribution in [-0.4, -0.2) is 32.8 Å². The summed E-state index contributed by atoms with van der Waals surface area (Å²) in [4.78, 5) is 23.0. The maximum absolute atomic E-state index is 11.9. The molecule has 0 saturated heterocycles. The number of carboxylic acid groups (broad SMARTS) is 1. The Bertz CT molecular complexity index is 440. The van der Waals surface area contributed by atoms with E-state index in [1.165, 1.54) is 6.20 Å². The van der Waals surface area contributed by atoms with Crippen LogP contribution in [0.2, 0.25) is 0 Å². The van der Waals surface area contributed by atoms with Crippen molar-refractivity contribution in [1.82, 2.24) is 15.1 Å². The van der Waals surface area contributed by atoms with Crippen LogP contribution in [0.3, 0.4) is 0 Å². The first kappa shape index (κ1) is 15.2. The second-order valence-electron chi connectivity index (χ2n) is 4.99. The standard InChI is InChI=1S/C13H21N3O3/c1-4-5-16-8-10(7-14-16)12(17)15-11(13(18)19)6-9(2)3/h7-9,11H,4-6H2,1-3H3,(H,15,17)(H,18,19)/t11-/m0/s1. The summed E-state index contributed by atoms with van der Waals surface area (Å²) in [6, 6.07) is -0.859. The zero-order valence-corrected chi connectivity index (χ0v) is 11.6. The average molecular weight is 267 g/mol. The van der Waals surface area contributed by atoms with E-state index in [1.54, 1.807) is 10.9 Å². The largest absolute Gasteiger partial charge is 0.480 e. The minimum absolute atomic E-state index is 0.198. The summed E-state index contributed by atoms with van der Waals surface area (Å²) in [5.41, 5.74) is 0.392. The number of hydrogen-bond donors (Lipinski definition) is 2. The number of rotatable bonds is 7. The van der Waals surface area contributed by atoms with Crippen molar-refractivity contribution in [3.05, 3.63) is 18.0 Å². The molecule has 0 aromatic carbocycles. The van der Waals surface area contributed by atoms with E-state index in [4.69, 9.17) is 5.11 Å². The van der Waals surface area contributed by atoms with Crippen molar-refractivity contribution >= 4 is 11.9 Å². The molecule has 6 heteroatoms. The summed E-state index contributed by atoms with van der Waals surface area (Å²) < 4.78 is 1.67. The number of carboxylic acids is 1. The van der Waals surface area contributed by atoms with Gasteiger partial charge in [-0.1, -0.05) is 20.8 Å². The monoisotopic (exact) mass is 267 g/mol. The Balaban J connectivity index is 2.67. The SMILES string of the molecule is CCCn1cc(C(=O)N[C@@H](CC(C)C)C(=O)O)cn1. The number of aryl methyl sites for hydroxylation is 1. The number of hydrogen-bond acceptors (Lipinski definition) is 3. The Morgan fingerprint density at radius 2 is 2.16 bits per heavy atom. The van der Waals surface area contributed by atoms with Crippen molar-refractivity contribution < 1.29 is 14.7 Å². The van der Waals surface area contributed by atoms with Crippen LogP contribution in [-0.2, 0) is 11.3 Å². The number of carbonyl (C=O) groups excluding carboxylic acids is 1. The number of aromatic nitrogens is 2. The van der Waals surface area contributed by atoms with Gasteiger partial charge in [0.2, 0.25) is 0 Å². The van der Waals surface area contributed by atoms with Crippen LogP contribution in [0.25, 0.3) is 0 Å². The lowest BCUT2D eigenvalue weighted by Crippen LogP contribution is -2.41. The van der Waals surface area contributed by atoms with Crippen LogP contribution in [0.4, 0.5) is 0 Å². The smallest absolute Gasteiger partial charge is 0.326 e. The first-order valence-corrected chi connectivity index (χ1v) is 6.50. The summed E-state index contributed by atoms with van der Waals surface area (Å²) in [7, 11) is 0. The van der Waals surface area contributed by atoms with Gasteiger partial charge in [0.05, 0.1) is 11.8 Å². The molecule has 19 heavy (non-hydrogen) atoms. The molecule has 0 aliphatic rings. The minimum atomic E-state index is -1.01. The second kappa shape index (κ2) is 6.92. The van der Waals surface area contributed by atoms with Gasteiger partial charge in [0.1, 0.15) is 6.04 Å². The molecule has 1 aromatic rings. The van der Waals surface area contributed by atoms with E-state index in [9.17, 15) is 9.59 Å². The normalized spacial score (nSPS) is 12.4. The summed E-state index contributed by atoms with van der Waals surface area (Å²) in [5, 5.41) is 15.6. The maximum Gasteiger partial charge on any atom is 0.326 e. The zero-order chi connectivity index (χ0) is 14.4. The Hall–Kier alpha value is -1.85. The molecule has 2 N–H and O–H groups in total. The lowest BCUT2D eigenvalue weighted by Gasteiger charge is -2.15. The average Bonchev–Trinajstić information content (AvgIpc) is 2.76. The molecule has 0 fully saturated rings. The molecule has 0 unspecified atom stereocenters. The first-order valence-electron chi connectivity index (χ1n) is 6.50. The van der Waals surface area contributed by atoms with Gasteiger partial charge in [-0.3, -0.25) is 9.48 Å². The van der Waals surface area contributed by atoms with Crippen molar-refractivity contribution in [3.8, 4) is 0 Å². The molecule has 0 saturated carbocycles. The Kier molecular flexibility index (Phi) is 5.54. The summed E-state index contributed by atoms with van der Waals surface area (Å²) >= 11 is 0. The predicted molar refractivity (Wildman–Crippen MR) is 70.9 cm³/mol. The van der Waals surface area contributed by atoms with Crippen LogP contribution in [0, 0.1) is 5.92 Å². The highest BCUT2D eigenvalue weighted by Gasteiger charge is 2.22. The first-order chi connectivity index (χ1) is 8.93. The molecule has 6 nitrogen and oxygen atoms in total. The highest BCUT2D eigenvalue weighted by Crippen LogP contribution is 2.07. The number of nitrogens with zero attached hydrogens (tertiary/aromatic N) is 2. The van der Waals surface area contributed by atoms with Crippen LogP contribution in [0.15, 0.2) is 12.4 Å². The molecule has 0 aliphatic heterocycles. The lowest BCUT2D eigenvalue weighted by molar-refractivity contribution is -0.139. The molecule has 0 bridgehead atoms. The highest BCUT2D eigenvalue weighted by atomic mass is 16.4. The van der Waals surface area contributed by atoms with Crippen molar-refractivity contribution in [2.24, 2.45) is 5.92 Å². The van der Waals surface area contributed by atoms with Gasteiger partial charge in [-0.25, -0.2) is 4.79 Å². The quantitative estimate of drug-likeness (QED) is 0.784. The van der Waals surface area contributed by atoms with E-state index in [-0.39, 0.29) is 5.92 Å².